The molecule has 0 bridgehead atoms. The number of carbonyl (C=O) groups excluding carboxylic acids is 2. The zero-order chi connectivity index (χ0) is 20.1. The summed E-state index contributed by atoms with van der Waals surface area (Å²) in [7, 11) is 0. The number of rotatable bonds is 6. The second-order valence-electron chi connectivity index (χ2n) is 6.38. The van der Waals surface area contributed by atoms with Gasteiger partial charge in [0, 0.05) is 23.1 Å². The van der Waals surface area contributed by atoms with Crippen molar-refractivity contribution < 1.29 is 14.3 Å². The Bertz CT molecular complexity index is 859. The van der Waals surface area contributed by atoms with Gasteiger partial charge < -0.3 is 15.5 Å². The number of ether oxygens (including phenoxy) is 1. The standard InChI is InChI=1S/C18H22BrN5O3S/c1-2-27-17(26)12-6-5-9-23(10-12)15(25)11-28-18-22-21-16(24(18)20)13-7-3-4-8-14(13)19/h3-4,7-8,12H,2,5-6,9-11,20H2,1H3. The fraction of sp³-hybridized carbons (Fsp3) is 0.444. The average molecular weight is 468 g/mol. The van der Waals surface area contributed by atoms with E-state index in [1.165, 1.54) is 16.4 Å². The first kappa shape index (κ1) is 20.7. The van der Waals surface area contributed by atoms with Gasteiger partial charge in [0.15, 0.2) is 5.82 Å². The summed E-state index contributed by atoms with van der Waals surface area (Å²) in [6.07, 6.45) is 1.54. The van der Waals surface area contributed by atoms with Gasteiger partial charge in [0.05, 0.1) is 18.3 Å². The van der Waals surface area contributed by atoms with Gasteiger partial charge in [-0.3, -0.25) is 9.59 Å². The Morgan fingerprint density at radius 2 is 2.14 bits per heavy atom. The molecule has 1 aromatic carbocycles. The number of nitrogen functional groups attached to an aromatic ring is 1. The molecule has 10 heteroatoms. The quantitative estimate of drug-likeness (QED) is 0.394. The summed E-state index contributed by atoms with van der Waals surface area (Å²) in [5.41, 5.74) is 0.823. The van der Waals surface area contributed by atoms with Crippen LogP contribution in [0.4, 0.5) is 0 Å². The molecule has 1 atom stereocenters. The minimum Gasteiger partial charge on any atom is -0.466 e. The number of benzene rings is 1. The highest BCUT2D eigenvalue weighted by molar-refractivity contribution is 9.10. The van der Waals surface area contributed by atoms with Crippen molar-refractivity contribution in [2.75, 3.05) is 31.3 Å². The number of halogens is 1. The molecule has 1 unspecified atom stereocenters. The highest BCUT2D eigenvalue weighted by Gasteiger charge is 2.29. The molecule has 2 heterocycles. The zero-order valence-corrected chi connectivity index (χ0v) is 17.9. The van der Waals surface area contributed by atoms with E-state index in [-0.39, 0.29) is 23.5 Å². The summed E-state index contributed by atoms with van der Waals surface area (Å²) < 4.78 is 7.33. The highest BCUT2D eigenvalue weighted by atomic mass is 79.9. The third-order valence-corrected chi connectivity index (χ3v) is 6.12. The predicted molar refractivity (Wildman–Crippen MR) is 110 cm³/mol. The molecule has 2 N–H and O–H groups in total. The number of esters is 1. The normalized spacial score (nSPS) is 16.8. The second kappa shape index (κ2) is 9.42. The van der Waals surface area contributed by atoms with E-state index in [1.54, 1.807) is 11.8 Å². The van der Waals surface area contributed by atoms with Crippen LogP contribution in [0.2, 0.25) is 0 Å². The molecule has 150 valence electrons. The topological polar surface area (TPSA) is 103 Å². The fourth-order valence-electron chi connectivity index (χ4n) is 3.08. The summed E-state index contributed by atoms with van der Waals surface area (Å²) in [4.78, 5) is 26.2. The molecule has 2 aromatic rings. The minimum atomic E-state index is -0.247. The maximum Gasteiger partial charge on any atom is 0.310 e. The summed E-state index contributed by atoms with van der Waals surface area (Å²) in [6, 6.07) is 7.58. The Morgan fingerprint density at radius 1 is 1.36 bits per heavy atom. The molecule has 28 heavy (non-hydrogen) atoms. The molecular weight excluding hydrogens is 446 g/mol. The smallest absolute Gasteiger partial charge is 0.310 e. The van der Waals surface area contributed by atoms with Crippen molar-refractivity contribution in [3.8, 4) is 11.4 Å². The van der Waals surface area contributed by atoms with Crippen molar-refractivity contribution in [1.82, 2.24) is 19.8 Å². The van der Waals surface area contributed by atoms with Crippen LogP contribution in [0.15, 0.2) is 33.9 Å². The van der Waals surface area contributed by atoms with Crippen LogP contribution in [0.5, 0.6) is 0 Å². The van der Waals surface area contributed by atoms with Gasteiger partial charge in [-0.1, -0.05) is 39.8 Å². The molecule has 0 saturated carbocycles. The van der Waals surface area contributed by atoms with Crippen LogP contribution in [0.25, 0.3) is 11.4 Å². The van der Waals surface area contributed by atoms with E-state index in [0.717, 1.165) is 22.9 Å². The molecule has 0 spiro atoms. The van der Waals surface area contributed by atoms with Gasteiger partial charge in [0.1, 0.15) is 0 Å². The van der Waals surface area contributed by atoms with Crippen molar-refractivity contribution in [2.24, 2.45) is 5.92 Å². The lowest BCUT2D eigenvalue weighted by Gasteiger charge is -2.31. The molecular formula is C18H22BrN5O3S. The molecule has 1 aliphatic rings. The van der Waals surface area contributed by atoms with Crippen LogP contribution in [-0.4, -0.2) is 57.1 Å². The van der Waals surface area contributed by atoms with Gasteiger partial charge in [-0.15, -0.1) is 10.2 Å². The van der Waals surface area contributed by atoms with Gasteiger partial charge in [-0.2, -0.15) is 0 Å². The van der Waals surface area contributed by atoms with Crippen LogP contribution < -0.4 is 5.84 Å². The molecule has 1 amide bonds. The molecule has 1 saturated heterocycles. The van der Waals surface area contributed by atoms with Crippen LogP contribution >= 0.6 is 27.7 Å². The van der Waals surface area contributed by atoms with Crippen molar-refractivity contribution in [3.63, 3.8) is 0 Å². The number of hydrogen-bond donors (Lipinski definition) is 1. The maximum absolute atomic E-state index is 12.6. The molecule has 1 aromatic heterocycles. The highest BCUT2D eigenvalue weighted by Crippen LogP contribution is 2.28. The first-order chi connectivity index (χ1) is 13.5. The van der Waals surface area contributed by atoms with Gasteiger partial charge in [-0.25, -0.2) is 4.68 Å². The van der Waals surface area contributed by atoms with Crippen molar-refractivity contribution >= 4 is 39.6 Å². The van der Waals surface area contributed by atoms with Crippen molar-refractivity contribution in [3.05, 3.63) is 28.7 Å². The summed E-state index contributed by atoms with van der Waals surface area (Å²) in [5, 5.41) is 8.70. The third kappa shape index (κ3) is 4.67. The first-order valence-electron chi connectivity index (χ1n) is 9.03. The van der Waals surface area contributed by atoms with E-state index >= 15 is 0 Å². The predicted octanol–water partition coefficient (Wildman–Crippen LogP) is 2.32. The number of piperidine rings is 1. The number of likely N-dealkylation sites (tertiary alicyclic amines) is 1. The zero-order valence-electron chi connectivity index (χ0n) is 15.5. The molecule has 0 radical (unpaired) electrons. The average Bonchev–Trinajstić information content (AvgIpc) is 3.07. The van der Waals surface area contributed by atoms with Gasteiger partial charge in [0.25, 0.3) is 0 Å². The van der Waals surface area contributed by atoms with E-state index in [0.29, 0.717) is 30.7 Å². The first-order valence-corrected chi connectivity index (χ1v) is 10.8. The number of hydrogen-bond acceptors (Lipinski definition) is 7. The number of carbonyl (C=O) groups is 2. The van der Waals surface area contributed by atoms with E-state index in [9.17, 15) is 9.59 Å². The summed E-state index contributed by atoms with van der Waals surface area (Å²) >= 11 is 4.71. The van der Waals surface area contributed by atoms with E-state index in [2.05, 4.69) is 26.1 Å². The molecule has 3 rings (SSSR count). The maximum atomic E-state index is 12.6. The van der Waals surface area contributed by atoms with Crippen molar-refractivity contribution in [2.45, 2.75) is 24.9 Å². The monoisotopic (exact) mass is 467 g/mol. The lowest BCUT2D eigenvalue weighted by atomic mass is 9.98. The molecule has 0 aliphatic carbocycles. The minimum absolute atomic E-state index is 0.0514. The Balaban J connectivity index is 1.61. The molecule has 8 nitrogen and oxygen atoms in total. The summed E-state index contributed by atoms with van der Waals surface area (Å²) in [6.45, 7) is 3.18. The largest absolute Gasteiger partial charge is 0.466 e. The molecule has 1 aliphatic heterocycles. The third-order valence-electron chi connectivity index (χ3n) is 4.50. The number of aromatic nitrogens is 3. The Labute approximate surface area is 175 Å². The number of thioether (sulfide) groups is 1. The Kier molecular flexibility index (Phi) is 6.95. The van der Waals surface area contributed by atoms with Crippen molar-refractivity contribution in [1.29, 1.82) is 0 Å². The van der Waals surface area contributed by atoms with E-state index in [1.807, 2.05) is 24.3 Å². The van der Waals surface area contributed by atoms with Crippen LogP contribution in [0, 0.1) is 5.92 Å². The number of nitrogens with two attached hydrogens (primary N) is 1. The second-order valence-corrected chi connectivity index (χ2v) is 8.17. The van der Waals surface area contributed by atoms with Gasteiger partial charge >= 0.3 is 5.97 Å². The lowest BCUT2D eigenvalue weighted by Crippen LogP contribution is -2.43. The molecule has 1 fully saturated rings. The lowest BCUT2D eigenvalue weighted by molar-refractivity contribution is -0.151. The number of amides is 1. The van der Waals surface area contributed by atoms with Crippen LogP contribution in [-0.2, 0) is 14.3 Å². The Morgan fingerprint density at radius 3 is 2.89 bits per heavy atom. The summed E-state index contributed by atoms with van der Waals surface area (Å²) in [5.74, 6) is 6.30. The van der Waals surface area contributed by atoms with E-state index < -0.39 is 0 Å². The van der Waals surface area contributed by atoms with Gasteiger partial charge in [-0.05, 0) is 31.9 Å². The Hall–Kier alpha value is -2.07. The van der Waals surface area contributed by atoms with Crippen LogP contribution in [0.3, 0.4) is 0 Å². The SMILES string of the molecule is CCOC(=O)C1CCCN(C(=O)CSc2nnc(-c3ccccc3Br)n2N)C1. The fourth-order valence-corrected chi connectivity index (χ4v) is 4.30. The van der Waals surface area contributed by atoms with Gasteiger partial charge in [0.2, 0.25) is 11.1 Å². The number of nitrogens with zero attached hydrogens (tertiary/aromatic N) is 4. The van der Waals surface area contributed by atoms with Crippen LogP contribution in [0.1, 0.15) is 19.8 Å². The van der Waals surface area contributed by atoms with E-state index in [4.69, 9.17) is 10.6 Å².